The number of thiazole rings is 1. The van der Waals surface area contributed by atoms with E-state index in [0.29, 0.717) is 17.7 Å². The Kier molecular flexibility index (Phi) is 3.93. The number of nitrogens with zero attached hydrogens (tertiary/aromatic N) is 3. The van der Waals surface area contributed by atoms with Crippen molar-refractivity contribution in [3.8, 4) is 6.07 Å². The lowest BCUT2D eigenvalue weighted by atomic mass is 10.1. The number of nitriles is 1. The molecule has 2 aromatic rings. The zero-order chi connectivity index (χ0) is 13.8. The molecule has 0 atom stereocenters. The molecule has 0 unspecified atom stereocenters. The van der Waals surface area contributed by atoms with Crippen LogP contribution in [0.25, 0.3) is 0 Å². The summed E-state index contributed by atoms with van der Waals surface area (Å²) >= 11 is 1.54. The molecule has 5 heteroatoms. The summed E-state index contributed by atoms with van der Waals surface area (Å²) in [6.45, 7) is 2.14. The van der Waals surface area contributed by atoms with Gasteiger partial charge in [-0.3, -0.25) is 4.79 Å². The zero-order valence-electron chi connectivity index (χ0n) is 10.8. The van der Waals surface area contributed by atoms with Gasteiger partial charge in [-0.1, -0.05) is 0 Å². The predicted octanol–water partition coefficient (Wildman–Crippen LogP) is 2.85. The zero-order valence-corrected chi connectivity index (χ0v) is 11.6. The summed E-state index contributed by atoms with van der Waals surface area (Å²) < 4.78 is 0. The lowest BCUT2D eigenvalue weighted by Crippen LogP contribution is -2.19. The summed E-state index contributed by atoms with van der Waals surface area (Å²) in [5.74, 6) is -0.00961. The normalized spacial score (nSPS) is 9.95. The fourth-order valence-electron chi connectivity index (χ4n) is 1.86. The molecule has 0 N–H and O–H groups in total. The number of benzene rings is 1. The van der Waals surface area contributed by atoms with Crippen molar-refractivity contribution in [2.24, 2.45) is 0 Å². The second kappa shape index (κ2) is 5.63. The van der Waals surface area contributed by atoms with Gasteiger partial charge in [0, 0.05) is 23.7 Å². The van der Waals surface area contributed by atoms with Gasteiger partial charge in [0.2, 0.25) is 0 Å². The molecule has 0 aliphatic rings. The highest BCUT2D eigenvalue weighted by molar-refractivity contribution is 7.07. The number of carbonyl (C=O) groups is 1. The van der Waals surface area contributed by atoms with Crippen molar-refractivity contribution in [3.05, 3.63) is 45.9 Å². The summed E-state index contributed by atoms with van der Waals surface area (Å²) in [5, 5.41) is 10.9. The van der Waals surface area contributed by atoms with Gasteiger partial charge in [0.15, 0.2) is 5.78 Å². The van der Waals surface area contributed by atoms with Gasteiger partial charge in [0.25, 0.3) is 0 Å². The van der Waals surface area contributed by atoms with Gasteiger partial charge in [-0.05, 0) is 25.1 Å². The number of rotatable bonds is 4. The molecule has 1 aromatic heterocycles. The Morgan fingerprint density at radius 3 is 2.89 bits per heavy atom. The molecule has 0 fully saturated rings. The molecule has 96 valence electrons. The highest BCUT2D eigenvalue weighted by Gasteiger charge is 2.13. The van der Waals surface area contributed by atoms with Crippen molar-refractivity contribution < 1.29 is 4.79 Å². The van der Waals surface area contributed by atoms with Crippen molar-refractivity contribution >= 4 is 22.8 Å². The van der Waals surface area contributed by atoms with Gasteiger partial charge < -0.3 is 4.90 Å². The fraction of sp³-hybridized carbons (Fsp3) is 0.214. The SMILES string of the molecule is CC(=O)c1ccc(C#N)cc1N(C)Cc1cscn1. The van der Waals surface area contributed by atoms with Crippen LogP contribution in [0.2, 0.25) is 0 Å². The van der Waals surface area contributed by atoms with Gasteiger partial charge in [0.05, 0.1) is 29.4 Å². The average Bonchev–Trinajstić information content (AvgIpc) is 2.90. The first-order chi connectivity index (χ1) is 9.11. The highest BCUT2D eigenvalue weighted by atomic mass is 32.1. The number of Topliss-reactive ketones (excluding diaryl/α,β-unsaturated/α-hetero) is 1. The van der Waals surface area contributed by atoms with E-state index in [1.54, 1.807) is 23.7 Å². The van der Waals surface area contributed by atoms with E-state index in [4.69, 9.17) is 5.26 Å². The van der Waals surface area contributed by atoms with Gasteiger partial charge in [-0.25, -0.2) is 4.98 Å². The minimum absolute atomic E-state index is 0.00961. The lowest BCUT2D eigenvalue weighted by molar-refractivity contribution is 0.101. The summed E-state index contributed by atoms with van der Waals surface area (Å²) in [6.07, 6.45) is 0. The molecule has 0 saturated carbocycles. The second-order valence-corrected chi connectivity index (χ2v) is 4.95. The van der Waals surface area contributed by atoms with Crippen LogP contribution in [-0.4, -0.2) is 17.8 Å². The van der Waals surface area contributed by atoms with Crippen molar-refractivity contribution in [3.63, 3.8) is 0 Å². The van der Waals surface area contributed by atoms with Crippen LogP contribution in [0.1, 0.15) is 28.5 Å². The Morgan fingerprint density at radius 1 is 1.53 bits per heavy atom. The Balaban J connectivity index is 2.36. The van der Waals surface area contributed by atoms with Crippen LogP contribution in [0, 0.1) is 11.3 Å². The molecule has 4 nitrogen and oxygen atoms in total. The van der Waals surface area contributed by atoms with Crippen molar-refractivity contribution in [1.29, 1.82) is 5.26 Å². The number of carbonyl (C=O) groups excluding carboxylic acids is 1. The quantitative estimate of drug-likeness (QED) is 0.802. The maximum atomic E-state index is 11.6. The Labute approximate surface area is 115 Å². The van der Waals surface area contributed by atoms with Crippen molar-refractivity contribution in [2.45, 2.75) is 13.5 Å². The molecule has 2 rings (SSSR count). The maximum absolute atomic E-state index is 11.6. The predicted molar refractivity (Wildman–Crippen MR) is 75.4 cm³/mol. The van der Waals surface area contributed by atoms with Crippen LogP contribution >= 0.6 is 11.3 Å². The summed E-state index contributed by atoms with van der Waals surface area (Å²) in [4.78, 5) is 17.8. The highest BCUT2D eigenvalue weighted by Crippen LogP contribution is 2.23. The van der Waals surface area contributed by atoms with Crippen LogP contribution in [-0.2, 0) is 6.54 Å². The molecule has 0 spiro atoms. The third kappa shape index (κ3) is 2.98. The minimum atomic E-state index is -0.00961. The standard InChI is InChI=1S/C14H13N3OS/c1-10(18)13-4-3-11(6-15)5-14(13)17(2)7-12-8-19-9-16-12/h3-5,8-9H,7H2,1-2H3. The molecule has 0 saturated heterocycles. The van der Waals surface area contributed by atoms with E-state index in [1.807, 2.05) is 17.3 Å². The largest absolute Gasteiger partial charge is 0.368 e. The van der Waals surface area contributed by atoms with Crippen molar-refractivity contribution in [2.75, 3.05) is 11.9 Å². The fourth-order valence-corrected chi connectivity index (χ4v) is 2.41. The summed E-state index contributed by atoms with van der Waals surface area (Å²) in [5.41, 5.74) is 4.66. The topological polar surface area (TPSA) is 57.0 Å². The Morgan fingerprint density at radius 2 is 2.32 bits per heavy atom. The molecule has 0 aliphatic carbocycles. The van der Waals surface area contributed by atoms with Gasteiger partial charge in [-0.15, -0.1) is 11.3 Å². The van der Waals surface area contributed by atoms with Gasteiger partial charge in [-0.2, -0.15) is 5.26 Å². The van der Waals surface area contributed by atoms with E-state index in [1.165, 1.54) is 18.3 Å². The van der Waals surface area contributed by atoms with Crippen LogP contribution in [0.3, 0.4) is 0 Å². The third-order valence-corrected chi connectivity index (χ3v) is 3.44. The van der Waals surface area contributed by atoms with E-state index < -0.39 is 0 Å². The summed E-state index contributed by atoms with van der Waals surface area (Å²) in [7, 11) is 1.89. The number of hydrogen-bond acceptors (Lipinski definition) is 5. The van der Waals surface area contributed by atoms with Crippen LogP contribution in [0.4, 0.5) is 5.69 Å². The Bertz CT molecular complexity index is 629. The molecule has 1 aromatic carbocycles. The minimum Gasteiger partial charge on any atom is -0.368 e. The molecule has 0 aliphatic heterocycles. The smallest absolute Gasteiger partial charge is 0.161 e. The van der Waals surface area contributed by atoms with Crippen LogP contribution in [0.15, 0.2) is 29.1 Å². The first-order valence-corrected chi connectivity index (χ1v) is 6.69. The van der Waals surface area contributed by atoms with Crippen LogP contribution < -0.4 is 4.90 Å². The average molecular weight is 271 g/mol. The van der Waals surface area contributed by atoms with Gasteiger partial charge >= 0.3 is 0 Å². The first-order valence-electron chi connectivity index (χ1n) is 5.75. The Hall–Kier alpha value is -2.19. The maximum Gasteiger partial charge on any atom is 0.161 e. The molecular weight excluding hydrogens is 258 g/mol. The summed E-state index contributed by atoms with van der Waals surface area (Å²) in [6, 6.07) is 7.20. The molecule has 1 heterocycles. The molecule has 0 amide bonds. The van der Waals surface area contributed by atoms with Crippen LogP contribution in [0.5, 0.6) is 0 Å². The first kappa shape index (κ1) is 13.2. The molecule has 0 radical (unpaired) electrons. The monoisotopic (exact) mass is 271 g/mol. The number of hydrogen-bond donors (Lipinski definition) is 0. The number of anilines is 1. The van der Waals surface area contributed by atoms with Crippen molar-refractivity contribution in [1.82, 2.24) is 4.98 Å². The molecule has 0 bridgehead atoms. The van der Waals surface area contributed by atoms with Gasteiger partial charge in [0.1, 0.15) is 0 Å². The number of aromatic nitrogens is 1. The molecule has 19 heavy (non-hydrogen) atoms. The van der Waals surface area contributed by atoms with E-state index in [9.17, 15) is 4.79 Å². The van der Waals surface area contributed by atoms with E-state index >= 15 is 0 Å². The number of ketones is 1. The third-order valence-electron chi connectivity index (χ3n) is 2.80. The second-order valence-electron chi connectivity index (χ2n) is 4.24. The lowest BCUT2D eigenvalue weighted by Gasteiger charge is -2.21. The van der Waals surface area contributed by atoms with E-state index in [-0.39, 0.29) is 5.78 Å². The van der Waals surface area contributed by atoms with E-state index in [2.05, 4.69) is 11.1 Å². The molecular formula is C14H13N3OS. The van der Waals surface area contributed by atoms with E-state index in [0.717, 1.165) is 11.4 Å².